The largest absolute Gasteiger partial charge is 0.342 e. The maximum absolute atomic E-state index is 13.1. The van der Waals surface area contributed by atoms with Gasteiger partial charge in [0.15, 0.2) is 5.16 Å². The molecule has 1 aromatic carbocycles. The molecule has 0 N–H and O–H groups in total. The molecule has 1 amide bonds. The van der Waals surface area contributed by atoms with Crippen LogP contribution in [-0.4, -0.2) is 39.2 Å². The van der Waals surface area contributed by atoms with E-state index < -0.39 is 0 Å². The van der Waals surface area contributed by atoms with Gasteiger partial charge < -0.3 is 4.90 Å². The number of allylic oxidation sites excluding steroid dienone is 1. The minimum absolute atomic E-state index is 0.0752. The number of thiophene rings is 1. The van der Waals surface area contributed by atoms with Crippen LogP contribution in [-0.2, 0) is 11.3 Å². The van der Waals surface area contributed by atoms with E-state index >= 15 is 0 Å². The summed E-state index contributed by atoms with van der Waals surface area (Å²) in [6.45, 7) is 8.02. The van der Waals surface area contributed by atoms with Crippen LogP contribution < -0.4 is 5.56 Å². The third-order valence-corrected chi connectivity index (χ3v) is 7.55. The van der Waals surface area contributed by atoms with Crippen molar-refractivity contribution in [3.63, 3.8) is 0 Å². The second-order valence-corrected chi connectivity index (χ2v) is 9.64. The molecule has 2 aromatic heterocycles. The van der Waals surface area contributed by atoms with Crippen LogP contribution in [0.3, 0.4) is 0 Å². The van der Waals surface area contributed by atoms with Gasteiger partial charge in [-0.15, -0.1) is 17.9 Å². The Kier molecular flexibility index (Phi) is 6.39. The number of benzene rings is 1. The Labute approximate surface area is 184 Å². The topological polar surface area (TPSA) is 55.2 Å². The number of carbonyl (C=O) groups is 1. The van der Waals surface area contributed by atoms with Gasteiger partial charge in [0, 0.05) is 24.5 Å². The van der Waals surface area contributed by atoms with Crippen molar-refractivity contribution in [2.75, 3.05) is 18.8 Å². The molecule has 3 heterocycles. The van der Waals surface area contributed by atoms with Crippen molar-refractivity contribution >= 4 is 39.2 Å². The fraction of sp³-hybridized carbons (Fsp3) is 0.348. The number of amides is 1. The quantitative estimate of drug-likeness (QED) is 0.318. The normalized spacial score (nSPS) is 14.9. The van der Waals surface area contributed by atoms with Gasteiger partial charge in [-0.1, -0.05) is 55.1 Å². The molecule has 0 atom stereocenters. The van der Waals surface area contributed by atoms with Gasteiger partial charge in [-0.25, -0.2) is 4.98 Å². The Morgan fingerprint density at radius 2 is 2.03 bits per heavy atom. The maximum Gasteiger partial charge on any atom is 0.272 e. The average molecular weight is 440 g/mol. The highest BCUT2D eigenvalue weighted by molar-refractivity contribution is 7.99. The van der Waals surface area contributed by atoms with Gasteiger partial charge in [0.25, 0.3) is 5.56 Å². The lowest BCUT2D eigenvalue weighted by atomic mass is 9.99. The molecule has 1 fully saturated rings. The number of hydrogen-bond acceptors (Lipinski definition) is 5. The van der Waals surface area contributed by atoms with Gasteiger partial charge in [-0.3, -0.25) is 14.2 Å². The van der Waals surface area contributed by atoms with Crippen molar-refractivity contribution in [2.45, 2.75) is 31.5 Å². The van der Waals surface area contributed by atoms with E-state index in [1.54, 1.807) is 10.6 Å². The summed E-state index contributed by atoms with van der Waals surface area (Å²) >= 11 is 2.80. The van der Waals surface area contributed by atoms with Crippen molar-refractivity contribution in [3.05, 3.63) is 59.4 Å². The van der Waals surface area contributed by atoms with Crippen LogP contribution >= 0.6 is 23.1 Å². The second kappa shape index (κ2) is 9.18. The van der Waals surface area contributed by atoms with E-state index in [9.17, 15) is 9.59 Å². The van der Waals surface area contributed by atoms with Crippen molar-refractivity contribution in [1.29, 1.82) is 0 Å². The van der Waals surface area contributed by atoms with Gasteiger partial charge in [0.05, 0.1) is 11.3 Å². The second-order valence-electron chi connectivity index (χ2n) is 7.64. The molecule has 5 nitrogen and oxygen atoms in total. The average Bonchev–Trinajstić information content (AvgIpc) is 3.20. The Bertz CT molecular complexity index is 1110. The fourth-order valence-corrected chi connectivity index (χ4v) is 5.57. The fourth-order valence-electron chi connectivity index (χ4n) is 3.61. The van der Waals surface area contributed by atoms with Crippen LogP contribution in [0.4, 0.5) is 0 Å². The lowest BCUT2D eigenvalue weighted by Gasteiger charge is -2.30. The zero-order chi connectivity index (χ0) is 21.1. The van der Waals surface area contributed by atoms with Gasteiger partial charge in [-0.05, 0) is 30.4 Å². The number of hydrogen-bond donors (Lipinski definition) is 0. The molecular formula is C23H25N3O2S2. The van der Waals surface area contributed by atoms with Crippen molar-refractivity contribution < 1.29 is 4.79 Å². The van der Waals surface area contributed by atoms with Gasteiger partial charge in [0.1, 0.15) is 4.70 Å². The Hall–Kier alpha value is -2.38. The molecule has 156 valence electrons. The van der Waals surface area contributed by atoms with Crippen LogP contribution in [0.15, 0.2) is 59.0 Å². The number of aromatic nitrogens is 2. The van der Waals surface area contributed by atoms with E-state index in [-0.39, 0.29) is 11.5 Å². The van der Waals surface area contributed by atoms with E-state index in [2.05, 4.69) is 13.5 Å². The summed E-state index contributed by atoms with van der Waals surface area (Å²) < 4.78 is 2.26. The molecule has 4 rings (SSSR count). The van der Waals surface area contributed by atoms with Crippen LogP contribution in [0.5, 0.6) is 0 Å². The first-order chi connectivity index (χ1) is 14.6. The molecular weight excluding hydrogens is 414 g/mol. The molecule has 0 saturated carbocycles. The first-order valence-electron chi connectivity index (χ1n) is 10.2. The third kappa shape index (κ3) is 4.37. The number of thioether (sulfide) groups is 1. The third-order valence-electron chi connectivity index (χ3n) is 5.43. The predicted molar refractivity (Wildman–Crippen MR) is 125 cm³/mol. The SMILES string of the molecule is C=CCn1c(SCC(=O)N2CCC(C)CC2)nc2cc(-c3ccccc3)sc2c1=O. The summed E-state index contributed by atoms with van der Waals surface area (Å²) in [6, 6.07) is 12.0. The number of fused-ring (bicyclic) bond motifs is 1. The zero-order valence-corrected chi connectivity index (χ0v) is 18.7. The monoisotopic (exact) mass is 439 g/mol. The highest BCUT2D eigenvalue weighted by Crippen LogP contribution is 2.32. The summed E-state index contributed by atoms with van der Waals surface area (Å²) in [6.07, 6.45) is 3.80. The number of likely N-dealkylation sites (tertiary alicyclic amines) is 1. The molecule has 0 aliphatic carbocycles. The molecule has 1 saturated heterocycles. The van der Waals surface area contributed by atoms with Crippen molar-refractivity contribution in [3.8, 4) is 10.4 Å². The first kappa shape index (κ1) is 20.9. The maximum atomic E-state index is 13.1. The smallest absolute Gasteiger partial charge is 0.272 e. The molecule has 30 heavy (non-hydrogen) atoms. The summed E-state index contributed by atoms with van der Waals surface area (Å²) in [5, 5.41) is 0.573. The standard InChI is InChI=1S/C23H25N3O2S2/c1-3-11-26-22(28)21-18(14-19(30-21)17-7-5-4-6-8-17)24-23(26)29-15-20(27)25-12-9-16(2)10-13-25/h3-8,14,16H,1,9-13,15H2,2H3. The Morgan fingerprint density at radius 1 is 1.30 bits per heavy atom. The molecule has 0 unspecified atom stereocenters. The lowest BCUT2D eigenvalue weighted by Crippen LogP contribution is -2.39. The summed E-state index contributed by atoms with van der Waals surface area (Å²) in [7, 11) is 0. The van der Waals surface area contributed by atoms with E-state index in [0.717, 1.165) is 36.4 Å². The number of carbonyl (C=O) groups excluding carboxylic acids is 1. The molecule has 1 aliphatic heterocycles. The Balaban J connectivity index is 1.61. The highest BCUT2D eigenvalue weighted by Gasteiger charge is 2.21. The minimum atomic E-state index is -0.0752. The summed E-state index contributed by atoms with van der Waals surface area (Å²) in [5.41, 5.74) is 1.68. The highest BCUT2D eigenvalue weighted by atomic mass is 32.2. The lowest BCUT2D eigenvalue weighted by molar-refractivity contribution is -0.129. The summed E-state index contributed by atoms with van der Waals surface area (Å²) in [4.78, 5) is 33.5. The van der Waals surface area contributed by atoms with Gasteiger partial charge in [0.2, 0.25) is 5.91 Å². The van der Waals surface area contributed by atoms with E-state index in [1.807, 2.05) is 41.3 Å². The van der Waals surface area contributed by atoms with E-state index in [4.69, 9.17) is 4.98 Å². The first-order valence-corrected chi connectivity index (χ1v) is 12.0. The van der Waals surface area contributed by atoms with Crippen LogP contribution in [0.25, 0.3) is 20.7 Å². The van der Waals surface area contributed by atoms with Gasteiger partial charge in [-0.2, -0.15) is 0 Å². The van der Waals surface area contributed by atoms with Crippen LogP contribution in [0.2, 0.25) is 0 Å². The molecule has 0 spiro atoms. The number of rotatable bonds is 6. The minimum Gasteiger partial charge on any atom is -0.342 e. The number of piperidine rings is 1. The molecule has 1 aliphatic rings. The van der Waals surface area contributed by atoms with E-state index in [0.29, 0.717) is 33.6 Å². The molecule has 3 aromatic rings. The summed E-state index contributed by atoms with van der Waals surface area (Å²) in [5.74, 6) is 1.08. The Morgan fingerprint density at radius 3 is 2.73 bits per heavy atom. The number of nitrogens with zero attached hydrogens (tertiary/aromatic N) is 3. The molecule has 0 radical (unpaired) electrons. The molecule has 0 bridgehead atoms. The van der Waals surface area contributed by atoms with Crippen molar-refractivity contribution in [1.82, 2.24) is 14.5 Å². The predicted octanol–water partition coefficient (Wildman–Crippen LogP) is 4.66. The van der Waals surface area contributed by atoms with E-state index in [1.165, 1.54) is 23.1 Å². The molecule has 7 heteroatoms. The van der Waals surface area contributed by atoms with Crippen LogP contribution in [0, 0.1) is 5.92 Å². The van der Waals surface area contributed by atoms with Crippen molar-refractivity contribution in [2.24, 2.45) is 5.92 Å². The van der Waals surface area contributed by atoms with Gasteiger partial charge >= 0.3 is 0 Å². The van der Waals surface area contributed by atoms with Crippen LogP contribution in [0.1, 0.15) is 19.8 Å². The zero-order valence-electron chi connectivity index (χ0n) is 17.0.